The van der Waals surface area contributed by atoms with Gasteiger partial charge in [-0.1, -0.05) is 36.4 Å². The lowest BCUT2D eigenvalue weighted by atomic mass is 10.1. The first kappa shape index (κ1) is 21.7. The maximum absolute atomic E-state index is 15.4. The second-order valence-electron chi connectivity index (χ2n) is 7.61. The van der Waals surface area contributed by atoms with E-state index in [1.165, 1.54) is 17.2 Å². The van der Waals surface area contributed by atoms with Crippen LogP contribution in [0.2, 0.25) is 0 Å². The third-order valence-corrected chi connectivity index (χ3v) is 5.42. The second-order valence-corrected chi connectivity index (χ2v) is 7.61. The van der Waals surface area contributed by atoms with Gasteiger partial charge < -0.3 is 14.8 Å². The van der Waals surface area contributed by atoms with E-state index in [-0.39, 0.29) is 22.9 Å². The van der Waals surface area contributed by atoms with Gasteiger partial charge in [0.25, 0.3) is 5.91 Å². The monoisotopic (exact) mass is 460 g/mol. The first-order valence-corrected chi connectivity index (χ1v) is 10.5. The molecule has 1 saturated heterocycles. The maximum Gasteiger partial charge on any atom is 0.338 e. The summed E-state index contributed by atoms with van der Waals surface area (Å²) >= 11 is 0. The normalized spacial score (nSPS) is 21.9. The first-order valence-electron chi connectivity index (χ1n) is 10.5. The van der Waals surface area contributed by atoms with Crippen LogP contribution in [0.15, 0.2) is 73.3 Å². The highest BCUT2D eigenvalue weighted by molar-refractivity contribution is 6.06. The number of hydrogen-bond acceptors (Lipinski definition) is 7. The second kappa shape index (κ2) is 8.99. The number of fused-ring (bicyclic) bond motifs is 1. The summed E-state index contributed by atoms with van der Waals surface area (Å²) in [4.78, 5) is 37.5. The predicted octanol–water partition coefficient (Wildman–Crippen LogP) is 3.37. The fraction of sp³-hybridized carbons (Fsp3) is 0.167. The summed E-state index contributed by atoms with van der Waals surface area (Å²) in [5.41, 5.74) is 1.24. The van der Waals surface area contributed by atoms with Gasteiger partial charge in [0.1, 0.15) is 12.4 Å². The van der Waals surface area contributed by atoms with Gasteiger partial charge in [0.15, 0.2) is 35.5 Å². The molecular weight excluding hydrogens is 441 g/mol. The average Bonchev–Trinajstić information content (AvgIpc) is 3.42. The van der Waals surface area contributed by atoms with Crippen molar-refractivity contribution in [3.63, 3.8) is 0 Å². The number of benzene rings is 2. The Balaban J connectivity index is 1.38. The number of halogens is 1. The van der Waals surface area contributed by atoms with Gasteiger partial charge in [-0.05, 0) is 31.2 Å². The summed E-state index contributed by atoms with van der Waals surface area (Å²) < 4.78 is 27.8. The van der Waals surface area contributed by atoms with Crippen molar-refractivity contribution in [1.29, 1.82) is 0 Å². The molecule has 4 atom stereocenters. The lowest BCUT2D eigenvalue weighted by Crippen LogP contribution is -2.32. The Hall–Kier alpha value is -4.18. The standard InChI is InChI=1S/C24H19FN5O4/c1-14-19(34-24(32)16-10-6-3-7-11-16)17(25)23(33-14)30-13-28-18-20(26-12-27-21(18)30)29-22(31)15-8-4-2-5-9-15/h2-14,17,19,23H,1H2,(H,26,27,29,31)/t14-,17+,19-,23-/m1/s1. The van der Waals surface area contributed by atoms with Crippen molar-refractivity contribution < 1.29 is 23.5 Å². The molecule has 5 rings (SSSR count). The summed E-state index contributed by atoms with van der Waals surface area (Å²) in [7, 11) is 0. The molecule has 1 radical (unpaired) electrons. The van der Waals surface area contributed by atoms with Gasteiger partial charge in [0.05, 0.1) is 11.9 Å². The number of carbonyl (C=O) groups is 2. The van der Waals surface area contributed by atoms with Gasteiger partial charge >= 0.3 is 5.97 Å². The number of nitrogens with one attached hydrogen (secondary N) is 1. The van der Waals surface area contributed by atoms with Crippen molar-refractivity contribution in [3.05, 3.63) is 91.4 Å². The van der Waals surface area contributed by atoms with Crippen molar-refractivity contribution in [2.45, 2.75) is 24.6 Å². The highest BCUT2D eigenvalue weighted by Crippen LogP contribution is 2.36. The average molecular weight is 460 g/mol. The minimum Gasteiger partial charge on any atom is -0.453 e. The van der Waals surface area contributed by atoms with Crippen LogP contribution in [-0.2, 0) is 9.47 Å². The van der Waals surface area contributed by atoms with Crippen LogP contribution in [0.1, 0.15) is 26.9 Å². The molecule has 2 aromatic carbocycles. The molecule has 1 N–H and O–H groups in total. The van der Waals surface area contributed by atoms with Gasteiger partial charge in [0.2, 0.25) is 0 Å². The molecule has 9 nitrogen and oxygen atoms in total. The van der Waals surface area contributed by atoms with Crippen LogP contribution in [0.5, 0.6) is 0 Å². The molecule has 1 fully saturated rings. The van der Waals surface area contributed by atoms with E-state index >= 15 is 4.39 Å². The molecule has 1 aliphatic rings. The number of esters is 1. The van der Waals surface area contributed by atoms with Gasteiger partial charge in [-0.15, -0.1) is 0 Å². The maximum atomic E-state index is 15.4. The largest absolute Gasteiger partial charge is 0.453 e. The lowest BCUT2D eigenvalue weighted by molar-refractivity contribution is -0.00800. The first-order chi connectivity index (χ1) is 16.5. The fourth-order valence-electron chi connectivity index (χ4n) is 3.72. The molecule has 0 bridgehead atoms. The Labute approximate surface area is 193 Å². The minimum atomic E-state index is -1.73. The highest BCUT2D eigenvalue weighted by atomic mass is 19.1. The van der Waals surface area contributed by atoms with Crippen molar-refractivity contribution in [1.82, 2.24) is 19.5 Å². The number of ether oxygens (including phenoxy) is 2. The molecule has 4 aromatic rings. The zero-order valence-electron chi connectivity index (χ0n) is 17.7. The highest BCUT2D eigenvalue weighted by Gasteiger charge is 2.47. The van der Waals surface area contributed by atoms with Crippen LogP contribution >= 0.6 is 0 Å². The SMILES string of the molecule is [CH2][C@H]1O[C@@H](n2cnc3c(NC(=O)c4ccccc4)ncnc32)[C@@H](F)[C@@H]1OC(=O)c1ccccc1. The number of imidazole rings is 1. The van der Waals surface area contributed by atoms with E-state index in [0.29, 0.717) is 11.1 Å². The summed E-state index contributed by atoms with van der Waals surface area (Å²) in [6, 6.07) is 16.9. The Morgan fingerprint density at radius 2 is 1.68 bits per heavy atom. The van der Waals surface area contributed by atoms with E-state index in [2.05, 4.69) is 27.2 Å². The molecule has 1 amide bonds. The van der Waals surface area contributed by atoms with E-state index in [4.69, 9.17) is 9.47 Å². The smallest absolute Gasteiger partial charge is 0.338 e. The molecule has 2 aromatic heterocycles. The zero-order valence-corrected chi connectivity index (χ0v) is 17.7. The third-order valence-electron chi connectivity index (χ3n) is 5.42. The number of hydrogen-bond donors (Lipinski definition) is 1. The van der Waals surface area contributed by atoms with Gasteiger partial charge in [-0.2, -0.15) is 0 Å². The third kappa shape index (κ3) is 3.99. The van der Waals surface area contributed by atoms with Crippen LogP contribution in [-0.4, -0.2) is 49.8 Å². The minimum absolute atomic E-state index is 0.171. The van der Waals surface area contributed by atoms with Crippen molar-refractivity contribution in [3.8, 4) is 0 Å². The molecule has 0 unspecified atom stereocenters. The van der Waals surface area contributed by atoms with Gasteiger partial charge in [-0.3, -0.25) is 9.36 Å². The van der Waals surface area contributed by atoms with Crippen molar-refractivity contribution >= 4 is 28.9 Å². The Kier molecular flexibility index (Phi) is 5.72. The molecule has 34 heavy (non-hydrogen) atoms. The van der Waals surface area contributed by atoms with Gasteiger partial charge in [0, 0.05) is 5.56 Å². The topological polar surface area (TPSA) is 108 Å². The molecule has 1 aliphatic heterocycles. The molecule has 171 valence electrons. The number of aromatic nitrogens is 4. The number of alkyl halides is 1. The Morgan fingerprint density at radius 3 is 2.38 bits per heavy atom. The van der Waals surface area contributed by atoms with E-state index in [9.17, 15) is 9.59 Å². The summed E-state index contributed by atoms with van der Waals surface area (Å²) in [6.07, 6.45) is -2.53. The molecule has 3 heterocycles. The van der Waals surface area contributed by atoms with Crippen molar-refractivity contribution in [2.75, 3.05) is 5.32 Å². The van der Waals surface area contributed by atoms with Crippen LogP contribution in [0.3, 0.4) is 0 Å². The molecule has 0 spiro atoms. The van der Waals surface area contributed by atoms with Crippen LogP contribution in [0.25, 0.3) is 11.2 Å². The van der Waals surface area contributed by atoms with Crippen LogP contribution in [0, 0.1) is 6.92 Å². The summed E-state index contributed by atoms with van der Waals surface area (Å²) in [5.74, 6) is -0.875. The number of carbonyl (C=O) groups excluding carboxylic acids is 2. The van der Waals surface area contributed by atoms with Crippen LogP contribution in [0.4, 0.5) is 10.2 Å². The fourth-order valence-corrected chi connectivity index (χ4v) is 3.72. The number of nitrogens with zero attached hydrogens (tertiary/aromatic N) is 4. The quantitative estimate of drug-likeness (QED) is 0.455. The Morgan fingerprint density at radius 1 is 1.00 bits per heavy atom. The summed E-state index contributed by atoms with van der Waals surface area (Å²) in [5, 5.41) is 2.70. The van der Waals surface area contributed by atoms with E-state index in [0.717, 1.165) is 0 Å². The predicted molar refractivity (Wildman–Crippen MR) is 120 cm³/mol. The van der Waals surface area contributed by atoms with Crippen molar-refractivity contribution in [2.24, 2.45) is 0 Å². The Bertz CT molecular complexity index is 1330. The molecular formula is C24H19FN5O4. The molecule has 10 heteroatoms. The molecule has 0 saturated carbocycles. The lowest BCUT2D eigenvalue weighted by Gasteiger charge is -2.17. The van der Waals surface area contributed by atoms with Gasteiger partial charge in [-0.25, -0.2) is 24.1 Å². The van der Waals surface area contributed by atoms with E-state index < -0.39 is 30.6 Å². The van der Waals surface area contributed by atoms with Crippen LogP contribution < -0.4 is 5.32 Å². The number of anilines is 1. The summed E-state index contributed by atoms with van der Waals surface area (Å²) in [6.45, 7) is 3.78. The number of rotatable bonds is 5. The van der Waals surface area contributed by atoms with E-state index in [1.807, 2.05) is 0 Å². The van der Waals surface area contributed by atoms with E-state index in [1.54, 1.807) is 60.7 Å². The zero-order chi connectivity index (χ0) is 23.7. The molecule has 0 aliphatic carbocycles. The number of amides is 1.